The van der Waals surface area contributed by atoms with E-state index >= 15 is 0 Å². The first-order chi connectivity index (χ1) is 28.6. The van der Waals surface area contributed by atoms with E-state index < -0.39 is 0 Å². The van der Waals surface area contributed by atoms with Crippen LogP contribution in [0.3, 0.4) is 0 Å². The minimum absolute atomic E-state index is 0.238. The fourth-order valence-electron chi connectivity index (χ4n) is 9.28. The van der Waals surface area contributed by atoms with Gasteiger partial charge in [-0.25, -0.2) is 9.97 Å². The Morgan fingerprint density at radius 2 is 0.914 bits per heavy atom. The van der Waals surface area contributed by atoms with Crippen molar-refractivity contribution in [3.05, 3.63) is 229 Å². The van der Waals surface area contributed by atoms with Crippen LogP contribution in [0.15, 0.2) is 212 Å². The molecule has 0 aliphatic heterocycles. The van der Waals surface area contributed by atoms with Crippen molar-refractivity contribution >= 4 is 21.5 Å². The van der Waals surface area contributed by atoms with Crippen LogP contribution < -0.4 is 0 Å². The van der Waals surface area contributed by atoms with E-state index in [1.54, 1.807) is 0 Å². The number of fused-ring (bicyclic) bond motifs is 5. The van der Waals surface area contributed by atoms with Gasteiger partial charge in [0.2, 0.25) is 0 Å². The molecule has 2 heteroatoms. The van der Waals surface area contributed by atoms with Crippen molar-refractivity contribution in [1.29, 1.82) is 0 Å². The number of hydrogen-bond acceptors (Lipinski definition) is 2. The van der Waals surface area contributed by atoms with Gasteiger partial charge in [0, 0.05) is 22.1 Å². The van der Waals surface area contributed by atoms with Gasteiger partial charge in [-0.3, -0.25) is 0 Å². The predicted octanol–water partition coefficient (Wildman–Crippen LogP) is 14.5. The molecular weight excluding hydrogens is 701 g/mol. The van der Waals surface area contributed by atoms with Crippen molar-refractivity contribution in [2.75, 3.05) is 0 Å². The van der Waals surface area contributed by atoms with Gasteiger partial charge in [-0.05, 0) is 96.7 Å². The Labute approximate surface area is 338 Å². The largest absolute Gasteiger partial charge is 0.228 e. The molecule has 1 heterocycles. The average molecular weight is 739 g/mol. The summed E-state index contributed by atoms with van der Waals surface area (Å²) in [6.45, 7) is 2.38. The van der Waals surface area contributed by atoms with Gasteiger partial charge in [-0.15, -0.1) is 0 Å². The fourth-order valence-corrected chi connectivity index (χ4v) is 9.28. The van der Waals surface area contributed by atoms with Crippen molar-refractivity contribution < 1.29 is 0 Å². The molecule has 0 radical (unpaired) electrons. The normalized spacial score (nSPS) is 14.4. The van der Waals surface area contributed by atoms with Gasteiger partial charge in [0.15, 0.2) is 5.82 Å². The zero-order valence-corrected chi connectivity index (χ0v) is 32.1. The van der Waals surface area contributed by atoms with Gasteiger partial charge >= 0.3 is 0 Å². The lowest BCUT2D eigenvalue weighted by Crippen LogP contribution is -2.22. The Morgan fingerprint density at radius 1 is 0.345 bits per heavy atom. The van der Waals surface area contributed by atoms with E-state index in [1.807, 2.05) is 6.07 Å². The maximum Gasteiger partial charge on any atom is 0.160 e. The van der Waals surface area contributed by atoms with Crippen LogP contribution >= 0.6 is 0 Å². The van der Waals surface area contributed by atoms with Crippen LogP contribution in [-0.4, -0.2) is 9.97 Å². The quantitative estimate of drug-likeness (QED) is 0.170. The SMILES string of the molecule is CC1(c2ccccc2)c2ccccc2-c2c(-c3ccc4cc(-c5cc(-c6c(-c7ccccc7)ccc7ccccc67)nc(-c6ccccc6)n5)ccc4c3)cccc21. The summed E-state index contributed by atoms with van der Waals surface area (Å²) in [6.07, 6.45) is 0. The monoisotopic (exact) mass is 738 g/mol. The summed E-state index contributed by atoms with van der Waals surface area (Å²) in [5.41, 5.74) is 16.1. The van der Waals surface area contributed by atoms with Crippen molar-refractivity contribution in [3.63, 3.8) is 0 Å². The molecule has 272 valence electrons. The Kier molecular flexibility index (Phi) is 7.97. The van der Waals surface area contributed by atoms with E-state index in [2.05, 4.69) is 213 Å². The zero-order chi connectivity index (χ0) is 38.6. The third kappa shape index (κ3) is 5.49. The molecule has 0 spiro atoms. The summed E-state index contributed by atoms with van der Waals surface area (Å²) in [4.78, 5) is 10.5. The van der Waals surface area contributed by atoms with Gasteiger partial charge < -0.3 is 0 Å². The molecule has 0 amide bonds. The van der Waals surface area contributed by atoms with Gasteiger partial charge in [-0.1, -0.05) is 194 Å². The highest BCUT2D eigenvalue weighted by atomic mass is 14.9. The summed E-state index contributed by atoms with van der Waals surface area (Å²) in [5.74, 6) is 0.705. The molecule has 0 saturated heterocycles. The van der Waals surface area contributed by atoms with E-state index in [0.717, 1.165) is 44.6 Å². The molecule has 58 heavy (non-hydrogen) atoms. The second-order valence-electron chi connectivity index (χ2n) is 15.4. The predicted molar refractivity (Wildman–Crippen MR) is 242 cm³/mol. The minimum Gasteiger partial charge on any atom is -0.228 e. The highest BCUT2D eigenvalue weighted by molar-refractivity contribution is 6.04. The van der Waals surface area contributed by atoms with Crippen molar-refractivity contribution in [2.45, 2.75) is 12.3 Å². The number of benzene rings is 9. The third-order valence-electron chi connectivity index (χ3n) is 12.2. The van der Waals surface area contributed by atoms with Crippen molar-refractivity contribution in [3.8, 4) is 67.3 Å². The topological polar surface area (TPSA) is 25.8 Å². The molecule has 0 N–H and O–H groups in total. The molecule has 0 fully saturated rings. The number of hydrogen-bond donors (Lipinski definition) is 0. The molecule has 11 rings (SSSR count). The van der Waals surface area contributed by atoms with Crippen LogP contribution in [0.25, 0.3) is 88.8 Å². The lowest BCUT2D eigenvalue weighted by atomic mass is 9.74. The Bertz CT molecular complexity index is 3170. The smallest absolute Gasteiger partial charge is 0.160 e. The molecule has 0 saturated carbocycles. The molecule has 10 aromatic rings. The van der Waals surface area contributed by atoms with Crippen LogP contribution in [0, 0.1) is 0 Å². The van der Waals surface area contributed by atoms with Gasteiger partial charge in [0.1, 0.15) is 0 Å². The first-order valence-corrected chi connectivity index (χ1v) is 20.0. The Balaban J connectivity index is 1.05. The summed E-state index contributed by atoms with van der Waals surface area (Å²) in [5, 5.41) is 4.70. The van der Waals surface area contributed by atoms with Crippen LogP contribution in [0.4, 0.5) is 0 Å². The van der Waals surface area contributed by atoms with Crippen molar-refractivity contribution in [1.82, 2.24) is 9.97 Å². The highest BCUT2D eigenvalue weighted by Gasteiger charge is 2.41. The Hall–Kier alpha value is -7.42. The summed E-state index contributed by atoms with van der Waals surface area (Å²) < 4.78 is 0. The van der Waals surface area contributed by atoms with Gasteiger partial charge in [-0.2, -0.15) is 0 Å². The maximum absolute atomic E-state index is 5.31. The summed E-state index contributed by atoms with van der Waals surface area (Å²) in [6, 6.07) is 76.5. The van der Waals surface area contributed by atoms with Gasteiger partial charge in [0.05, 0.1) is 11.4 Å². The molecule has 9 aromatic carbocycles. The number of aromatic nitrogens is 2. The highest BCUT2D eigenvalue weighted by Crippen LogP contribution is 2.55. The number of rotatable bonds is 6. The first-order valence-electron chi connectivity index (χ1n) is 20.0. The molecule has 1 aliphatic rings. The maximum atomic E-state index is 5.31. The second kappa shape index (κ2) is 13.7. The van der Waals surface area contributed by atoms with E-state index in [0.29, 0.717) is 5.82 Å². The summed E-state index contributed by atoms with van der Waals surface area (Å²) >= 11 is 0. The Morgan fingerprint density at radius 3 is 1.71 bits per heavy atom. The van der Waals surface area contributed by atoms with Crippen LogP contribution in [0.2, 0.25) is 0 Å². The summed E-state index contributed by atoms with van der Waals surface area (Å²) in [7, 11) is 0. The molecule has 1 aliphatic carbocycles. The zero-order valence-electron chi connectivity index (χ0n) is 32.1. The molecule has 1 aromatic heterocycles. The van der Waals surface area contributed by atoms with Gasteiger partial charge in [0.25, 0.3) is 0 Å². The molecule has 0 bridgehead atoms. The molecule has 1 atom stereocenters. The number of nitrogens with zero attached hydrogens (tertiary/aromatic N) is 2. The van der Waals surface area contributed by atoms with Crippen molar-refractivity contribution in [2.24, 2.45) is 0 Å². The van der Waals surface area contributed by atoms with E-state index in [1.165, 1.54) is 55.1 Å². The lowest BCUT2D eigenvalue weighted by Gasteiger charge is -2.28. The second-order valence-corrected chi connectivity index (χ2v) is 15.4. The first kappa shape index (κ1) is 33.9. The fraction of sp³-hybridized carbons (Fsp3) is 0.0357. The standard InChI is InChI=1S/C56H38N2/c1-56(44-21-9-4-10-22-44)49-26-14-13-24-48(49)53-46(25-15-27-50(53)56)42-30-28-41-35-43(31-29-40(41)34-42)51-36-52(58-55(57-51)39-19-7-3-8-20-39)54-45-23-12-11-18-38(45)32-33-47(54)37-16-5-2-6-17-37/h2-36H,1H3. The van der Waals surface area contributed by atoms with E-state index in [-0.39, 0.29) is 5.41 Å². The molecule has 1 unspecified atom stereocenters. The molecule has 2 nitrogen and oxygen atoms in total. The molecular formula is C56H38N2. The minimum atomic E-state index is -0.238. The van der Waals surface area contributed by atoms with E-state index in [4.69, 9.17) is 9.97 Å². The lowest BCUT2D eigenvalue weighted by molar-refractivity contribution is 0.714. The van der Waals surface area contributed by atoms with Crippen LogP contribution in [-0.2, 0) is 5.41 Å². The average Bonchev–Trinajstić information content (AvgIpc) is 3.57. The van der Waals surface area contributed by atoms with Crippen LogP contribution in [0.1, 0.15) is 23.6 Å². The third-order valence-corrected chi connectivity index (χ3v) is 12.2. The van der Waals surface area contributed by atoms with E-state index in [9.17, 15) is 0 Å². The van der Waals surface area contributed by atoms with Crippen LogP contribution in [0.5, 0.6) is 0 Å².